The first kappa shape index (κ1) is 13.2. The van der Waals surface area contributed by atoms with Crippen molar-refractivity contribution >= 4 is 11.9 Å². The van der Waals surface area contributed by atoms with Crippen molar-refractivity contribution < 1.29 is 14.7 Å². The lowest BCUT2D eigenvalue weighted by molar-refractivity contribution is -0.142. The van der Waals surface area contributed by atoms with Gasteiger partial charge in [-0.25, -0.2) is 0 Å². The molecule has 0 radical (unpaired) electrons. The Morgan fingerprint density at radius 1 is 1.25 bits per heavy atom. The number of nitrogens with zero attached hydrogens (tertiary/aromatic N) is 1. The lowest BCUT2D eigenvalue weighted by Crippen LogP contribution is -2.48. The molecule has 1 N–H and O–H groups in total. The minimum Gasteiger partial charge on any atom is -0.481 e. The summed E-state index contributed by atoms with van der Waals surface area (Å²) < 4.78 is 0. The predicted octanol–water partition coefficient (Wildman–Crippen LogP) is 2.18. The fourth-order valence-corrected chi connectivity index (χ4v) is 3.38. The molecule has 1 aliphatic carbocycles. The van der Waals surface area contributed by atoms with Crippen LogP contribution in [-0.4, -0.2) is 34.5 Å². The van der Waals surface area contributed by atoms with E-state index in [4.69, 9.17) is 5.11 Å². The van der Waals surface area contributed by atoms with Crippen molar-refractivity contribution in [1.29, 1.82) is 0 Å². The van der Waals surface area contributed by atoms with Crippen molar-refractivity contribution in [3.63, 3.8) is 0 Å². The molecule has 0 aromatic heterocycles. The van der Waals surface area contributed by atoms with Gasteiger partial charge in [-0.1, -0.05) is 24.3 Å². The molecule has 2 aliphatic rings. The number of likely N-dealkylation sites (tertiary alicyclic amines) is 1. The highest BCUT2D eigenvalue weighted by molar-refractivity contribution is 5.87. The van der Waals surface area contributed by atoms with E-state index in [0.717, 1.165) is 31.2 Å². The van der Waals surface area contributed by atoms with Crippen LogP contribution in [0.3, 0.4) is 0 Å². The molecule has 1 aliphatic heterocycles. The largest absolute Gasteiger partial charge is 0.481 e. The number of hydrogen-bond donors (Lipinski definition) is 1. The summed E-state index contributed by atoms with van der Waals surface area (Å²) in [4.78, 5) is 25.4. The number of fused-ring (bicyclic) bond motifs is 1. The second-order valence-corrected chi connectivity index (χ2v) is 5.73. The number of rotatable bonds is 3. The van der Waals surface area contributed by atoms with Gasteiger partial charge in [-0.05, 0) is 36.8 Å². The van der Waals surface area contributed by atoms with Gasteiger partial charge in [0.05, 0.1) is 12.3 Å². The summed E-state index contributed by atoms with van der Waals surface area (Å²) in [5.74, 6) is -0.751. The van der Waals surface area contributed by atoms with Crippen molar-refractivity contribution in [2.45, 2.75) is 44.1 Å². The summed E-state index contributed by atoms with van der Waals surface area (Å²) in [5, 5.41) is 8.99. The minimum atomic E-state index is -0.816. The summed E-state index contributed by atoms with van der Waals surface area (Å²) in [6.45, 7) is 0.704. The summed E-state index contributed by atoms with van der Waals surface area (Å²) in [7, 11) is 0. The molecule has 0 bridgehead atoms. The molecule has 1 saturated heterocycles. The standard InChI is InChI=1S/C16H19NO3/c18-15(19)10-12-6-3-4-8-17(12)16(20)14-9-11-5-1-2-7-13(11)14/h1-2,5,7,12,14H,3-4,6,8-10H2,(H,18,19). The first-order valence-corrected chi connectivity index (χ1v) is 7.27. The predicted molar refractivity (Wildman–Crippen MR) is 74.5 cm³/mol. The molecule has 1 fully saturated rings. The molecule has 106 valence electrons. The van der Waals surface area contributed by atoms with Crippen LogP contribution in [0, 0.1) is 0 Å². The number of hydrogen-bond acceptors (Lipinski definition) is 2. The molecule has 1 amide bonds. The Morgan fingerprint density at radius 2 is 2.05 bits per heavy atom. The van der Waals surface area contributed by atoms with Crippen LogP contribution in [0.25, 0.3) is 0 Å². The topological polar surface area (TPSA) is 57.6 Å². The Bertz CT molecular complexity index is 540. The molecule has 1 aromatic carbocycles. The average Bonchev–Trinajstić information content (AvgIpc) is 2.40. The molecular formula is C16H19NO3. The summed E-state index contributed by atoms with van der Waals surface area (Å²) in [6.07, 6.45) is 3.68. The number of aliphatic carboxylic acids is 1. The SMILES string of the molecule is O=C(O)CC1CCCCN1C(=O)C1Cc2ccccc21. The van der Waals surface area contributed by atoms with Crippen molar-refractivity contribution in [3.05, 3.63) is 35.4 Å². The fourth-order valence-electron chi connectivity index (χ4n) is 3.38. The van der Waals surface area contributed by atoms with Gasteiger partial charge in [0.15, 0.2) is 0 Å². The molecule has 1 aromatic rings. The number of carbonyl (C=O) groups excluding carboxylic acids is 1. The van der Waals surface area contributed by atoms with Crippen LogP contribution in [-0.2, 0) is 16.0 Å². The van der Waals surface area contributed by atoms with E-state index < -0.39 is 5.97 Å². The van der Waals surface area contributed by atoms with E-state index in [2.05, 4.69) is 6.07 Å². The molecule has 3 rings (SSSR count). The molecular weight excluding hydrogens is 254 g/mol. The van der Waals surface area contributed by atoms with Gasteiger partial charge in [-0.2, -0.15) is 0 Å². The van der Waals surface area contributed by atoms with Gasteiger partial charge in [0.2, 0.25) is 5.91 Å². The molecule has 0 saturated carbocycles. The minimum absolute atomic E-state index is 0.0550. The highest BCUT2D eigenvalue weighted by Gasteiger charge is 2.38. The first-order chi connectivity index (χ1) is 9.66. The normalized spacial score (nSPS) is 24.7. The first-order valence-electron chi connectivity index (χ1n) is 7.27. The maximum atomic E-state index is 12.7. The highest BCUT2D eigenvalue weighted by Crippen LogP contribution is 2.37. The Morgan fingerprint density at radius 3 is 2.80 bits per heavy atom. The van der Waals surface area contributed by atoms with Crippen molar-refractivity contribution in [2.75, 3.05) is 6.54 Å². The number of amides is 1. The van der Waals surface area contributed by atoms with E-state index in [1.54, 1.807) is 0 Å². The Balaban J connectivity index is 1.74. The molecule has 20 heavy (non-hydrogen) atoms. The summed E-state index contributed by atoms with van der Waals surface area (Å²) >= 11 is 0. The van der Waals surface area contributed by atoms with Gasteiger partial charge < -0.3 is 10.0 Å². The molecule has 4 heteroatoms. The maximum absolute atomic E-state index is 12.7. The zero-order chi connectivity index (χ0) is 14.1. The van der Waals surface area contributed by atoms with E-state index in [9.17, 15) is 9.59 Å². The van der Waals surface area contributed by atoms with E-state index in [1.165, 1.54) is 5.56 Å². The average molecular weight is 273 g/mol. The monoisotopic (exact) mass is 273 g/mol. The van der Waals surface area contributed by atoms with Gasteiger partial charge in [-0.15, -0.1) is 0 Å². The number of benzene rings is 1. The summed E-state index contributed by atoms with van der Waals surface area (Å²) in [6, 6.07) is 7.90. The second-order valence-electron chi connectivity index (χ2n) is 5.73. The zero-order valence-corrected chi connectivity index (χ0v) is 11.4. The Kier molecular flexibility index (Phi) is 3.47. The smallest absolute Gasteiger partial charge is 0.305 e. The molecule has 1 heterocycles. The van der Waals surface area contributed by atoms with Crippen molar-refractivity contribution in [1.82, 2.24) is 4.90 Å². The maximum Gasteiger partial charge on any atom is 0.305 e. The quantitative estimate of drug-likeness (QED) is 0.918. The van der Waals surface area contributed by atoms with Crippen LogP contribution in [0.5, 0.6) is 0 Å². The number of piperidine rings is 1. The third-order valence-electron chi connectivity index (χ3n) is 4.47. The Hall–Kier alpha value is -1.84. The third-order valence-corrected chi connectivity index (χ3v) is 4.47. The highest BCUT2D eigenvalue weighted by atomic mass is 16.4. The number of carbonyl (C=O) groups is 2. The lowest BCUT2D eigenvalue weighted by Gasteiger charge is -2.40. The molecule has 0 spiro atoms. The van der Waals surface area contributed by atoms with Crippen LogP contribution >= 0.6 is 0 Å². The van der Waals surface area contributed by atoms with Crippen LogP contribution in [0.1, 0.15) is 42.7 Å². The van der Waals surface area contributed by atoms with Gasteiger partial charge in [-0.3, -0.25) is 9.59 Å². The van der Waals surface area contributed by atoms with E-state index >= 15 is 0 Å². The van der Waals surface area contributed by atoms with Crippen LogP contribution < -0.4 is 0 Å². The van der Waals surface area contributed by atoms with Crippen LogP contribution in [0.15, 0.2) is 24.3 Å². The van der Waals surface area contributed by atoms with E-state index in [-0.39, 0.29) is 24.3 Å². The van der Waals surface area contributed by atoms with Crippen molar-refractivity contribution in [2.24, 2.45) is 0 Å². The molecule has 4 nitrogen and oxygen atoms in total. The fraction of sp³-hybridized carbons (Fsp3) is 0.500. The second kappa shape index (κ2) is 5.27. The van der Waals surface area contributed by atoms with E-state index in [1.807, 2.05) is 23.1 Å². The number of carboxylic acid groups (broad SMARTS) is 1. The zero-order valence-electron chi connectivity index (χ0n) is 11.4. The van der Waals surface area contributed by atoms with Gasteiger partial charge in [0, 0.05) is 12.6 Å². The lowest BCUT2D eigenvalue weighted by atomic mass is 9.76. The van der Waals surface area contributed by atoms with Crippen molar-refractivity contribution in [3.8, 4) is 0 Å². The van der Waals surface area contributed by atoms with Gasteiger partial charge >= 0.3 is 5.97 Å². The van der Waals surface area contributed by atoms with Crippen LogP contribution in [0.2, 0.25) is 0 Å². The van der Waals surface area contributed by atoms with Crippen LogP contribution in [0.4, 0.5) is 0 Å². The van der Waals surface area contributed by atoms with Gasteiger partial charge in [0.25, 0.3) is 0 Å². The molecule has 2 atom stereocenters. The Labute approximate surface area is 118 Å². The third kappa shape index (κ3) is 2.30. The van der Waals surface area contributed by atoms with E-state index in [0.29, 0.717) is 6.54 Å². The summed E-state index contributed by atoms with van der Waals surface area (Å²) in [5.41, 5.74) is 2.37. The van der Waals surface area contributed by atoms with Gasteiger partial charge in [0.1, 0.15) is 0 Å². The number of carboxylic acids is 1. The molecule has 2 unspecified atom stereocenters.